The molecule has 0 nitrogen and oxygen atoms in total. The molecule has 1 aromatic carbocycles. The van der Waals surface area contributed by atoms with Gasteiger partial charge in [0.25, 0.3) is 0 Å². The third-order valence-electron chi connectivity index (χ3n) is 3.02. The SMILES string of the molecule is CC(C)(C)C[C@H]1C[C@H]1c1ccccc1. The lowest BCUT2D eigenvalue weighted by molar-refractivity contribution is 0.350. The highest BCUT2D eigenvalue weighted by Gasteiger charge is 2.39. The Kier molecular flexibility index (Phi) is 2.38. The summed E-state index contributed by atoms with van der Waals surface area (Å²) in [5, 5.41) is 0. The molecule has 0 amide bonds. The fourth-order valence-electron chi connectivity index (χ4n) is 2.37. The molecule has 0 radical (unpaired) electrons. The van der Waals surface area contributed by atoms with E-state index in [-0.39, 0.29) is 0 Å². The van der Waals surface area contributed by atoms with E-state index in [2.05, 4.69) is 51.1 Å². The van der Waals surface area contributed by atoms with Crippen LogP contribution in [-0.4, -0.2) is 0 Å². The summed E-state index contributed by atoms with van der Waals surface area (Å²) >= 11 is 0. The molecule has 14 heavy (non-hydrogen) atoms. The van der Waals surface area contributed by atoms with Crippen molar-refractivity contribution in [1.82, 2.24) is 0 Å². The molecule has 0 heterocycles. The third kappa shape index (κ3) is 2.37. The first-order chi connectivity index (χ1) is 6.56. The lowest BCUT2D eigenvalue weighted by Gasteiger charge is -2.17. The Labute approximate surface area is 87.3 Å². The van der Waals surface area contributed by atoms with Gasteiger partial charge in [-0.2, -0.15) is 0 Å². The van der Waals surface area contributed by atoms with Crippen LogP contribution in [0.4, 0.5) is 0 Å². The highest BCUT2D eigenvalue weighted by molar-refractivity contribution is 5.25. The summed E-state index contributed by atoms with van der Waals surface area (Å²) in [5.41, 5.74) is 2.04. The molecule has 1 fully saturated rings. The topological polar surface area (TPSA) is 0 Å². The number of rotatable bonds is 2. The molecule has 1 saturated carbocycles. The van der Waals surface area contributed by atoms with Gasteiger partial charge in [-0.3, -0.25) is 0 Å². The summed E-state index contributed by atoms with van der Waals surface area (Å²) in [6.07, 6.45) is 2.77. The molecule has 76 valence electrons. The minimum Gasteiger partial charge on any atom is -0.0622 e. The fraction of sp³-hybridized carbons (Fsp3) is 0.571. The minimum absolute atomic E-state index is 0.494. The average Bonchev–Trinajstić information content (AvgIpc) is 2.82. The summed E-state index contributed by atoms with van der Waals surface area (Å²) in [4.78, 5) is 0. The van der Waals surface area contributed by atoms with Gasteiger partial charge in [-0.1, -0.05) is 51.1 Å². The molecule has 0 spiro atoms. The predicted molar refractivity (Wildman–Crippen MR) is 61.4 cm³/mol. The van der Waals surface area contributed by atoms with Crippen LogP contribution in [0.5, 0.6) is 0 Å². The maximum Gasteiger partial charge on any atom is -0.0130 e. The molecule has 1 aliphatic carbocycles. The largest absolute Gasteiger partial charge is 0.0622 e. The average molecular weight is 188 g/mol. The molecule has 0 saturated heterocycles. The van der Waals surface area contributed by atoms with Gasteiger partial charge in [0.2, 0.25) is 0 Å². The van der Waals surface area contributed by atoms with Crippen LogP contribution in [-0.2, 0) is 0 Å². The van der Waals surface area contributed by atoms with Crippen molar-refractivity contribution in [2.75, 3.05) is 0 Å². The van der Waals surface area contributed by atoms with Crippen molar-refractivity contribution >= 4 is 0 Å². The van der Waals surface area contributed by atoms with E-state index >= 15 is 0 Å². The zero-order valence-corrected chi connectivity index (χ0v) is 9.46. The van der Waals surface area contributed by atoms with Crippen molar-refractivity contribution in [1.29, 1.82) is 0 Å². The maximum atomic E-state index is 2.34. The summed E-state index contributed by atoms with van der Waals surface area (Å²) in [6.45, 7) is 7.02. The van der Waals surface area contributed by atoms with Gasteiger partial charge in [0.15, 0.2) is 0 Å². The van der Waals surface area contributed by atoms with Crippen molar-refractivity contribution in [3.05, 3.63) is 35.9 Å². The number of benzene rings is 1. The zero-order chi connectivity index (χ0) is 10.2. The van der Waals surface area contributed by atoms with E-state index in [9.17, 15) is 0 Å². The number of hydrogen-bond donors (Lipinski definition) is 0. The first kappa shape index (κ1) is 9.76. The van der Waals surface area contributed by atoms with E-state index in [1.54, 1.807) is 5.56 Å². The van der Waals surface area contributed by atoms with Gasteiger partial charge >= 0.3 is 0 Å². The van der Waals surface area contributed by atoms with Crippen LogP contribution >= 0.6 is 0 Å². The standard InChI is InChI=1S/C14H20/c1-14(2,3)10-12-9-13(12)11-7-5-4-6-8-11/h4-8,12-13H,9-10H2,1-3H3/t12-,13+/m1/s1. The fourth-order valence-corrected chi connectivity index (χ4v) is 2.37. The quantitative estimate of drug-likeness (QED) is 0.651. The van der Waals surface area contributed by atoms with E-state index < -0.39 is 0 Å². The lowest BCUT2D eigenvalue weighted by atomic mass is 9.88. The van der Waals surface area contributed by atoms with Gasteiger partial charge in [-0.25, -0.2) is 0 Å². The highest BCUT2D eigenvalue weighted by Crippen LogP contribution is 2.52. The van der Waals surface area contributed by atoms with E-state index in [0.717, 1.165) is 11.8 Å². The smallest absolute Gasteiger partial charge is 0.0130 e. The molecule has 1 aromatic rings. The van der Waals surface area contributed by atoms with Crippen LogP contribution in [0.25, 0.3) is 0 Å². The van der Waals surface area contributed by atoms with Crippen molar-refractivity contribution in [2.45, 2.75) is 39.5 Å². The number of hydrogen-bond acceptors (Lipinski definition) is 0. The van der Waals surface area contributed by atoms with Crippen molar-refractivity contribution < 1.29 is 0 Å². The zero-order valence-electron chi connectivity index (χ0n) is 9.46. The summed E-state index contributed by atoms with van der Waals surface area (Å²) in [7, 11) is 0. The Morgan fingerprint density at radius 1 is 1.14 bits per heavy atom. The molecule has 0 N–H and O–H groups in total. The second-order valence-electron chi connectivity index (χ2n) is 5.78. The summed E-state index contributed by atoms with van der Waals surface area (Å²) in [5.74, 6) is 1.80. The van der Waals surface area contributed by atoms with Crippen LogP contribution in [0, 0.1) is 11.3 Å². The molecule has 1 aliphatic rings. The van der Waals surface area contributed by atoms with Gasteiger partial charge in [-0.15, -0.1) is 0 Å². The molecule has 0 bridgehead atoms. The van der Waals surface area contributed by atoms with Crippen LogP contribution in [0.1, 0.15) is 45.1 Å². The van der Waals surface area contributed by atoms with E-state index in [0.29, 0.717) is 5.41 Å². The van der Waals surface area contributed by atoms with Gasteiger partial charge in [0.05, 0.1) is 0 Å². The van der Waals surface area contributed by atoms with Crippen LogP contribution in [0.3, 0.4) is 0 Å². The summed E-state index contributed by atoms with van der Waals surface area (Å²) < 4.78 is 0. The van der Waals surface area contributed by atoms with Gasteiger partial charge < -0.3 is 0 Å². The van der Waals surface area contributed by atoms with E-state index in [4.69, 9.17) is 0 Å². The molecule has 0 aromatic heterocycles. The maximum absolute atomic E-state index is 2.34. The van der Waals surface area contributed by atoms with E-state index in [1.807, 2.05) is 0 Å². The van der Waals surface area contributed by atoms with Crippen molar-refractivity contribution in [3.63, 3.8) is 0 Å². The van der Waals surface area contributed by atoms with Gasteiger partial charge in [0.1, 0.15) is 0 Å². The van der Waals surface area contributed by atoms with Crippen LogP contribution in [0.2, 0.25) is 0 Å². The first-order valence-electron chi connectivity index (χ1n) is 5.61. The Bertz CT molecular complexity index is 292. The first-order valence-corrected chi connectivity index (χ1v) is 5.61. The predicted octanol–water partition coefficient (Wildman–Crippen LogP) is 4.23. The molecule has 2 atom stereocenters. The Morgan fingerprint density at radius 3 is 2.36 bits per heavy atom. The third-order valence-corrected chi connectivity index (χ3v) is 3.02. The molecule has 0 aliphatic heterocycles. The Hall–Kier alpha value is -0.780. The highest BCUT2D eigenvalue weighted by atomic mass is 14.4. The molecular formula is C14H20. The van der Waals surface area contributed by atoms with Crippen LogP contribution in [0.15, 0.2) is 30.3 Å². The lowest BCUT2D eigenvalue weighted by Crippen LogP contribution is -2.06. The van der Waals surface area contributed by atoms with Crippen molar-refractivity contribution in [2.24, 2.45) is 11.3 Å². The van der Waals surface area contributed by atoms with E-state index in [1.165, 1.54) is 12.8 Å². The van der Waals surface area contributed by atoms with Gasteiger partial charge in [0, 0.05) is 0 Å². The Balaban J connectivity index is 1.94. The van der Waals surface area contributed by atoms with Crippen molar-refractivity contribution in [3.8, 4) is 0 Å². The normalized spacial score (nSPS) is 26.2. The van der Waals surface area contributed by atoms with Crippen LogP contribution < -0.4 is 0 Å². The molecule has 2 rings (SSSR count). The second kappa shape index (κ2) is 3.42. The van der Waals surface area contributed by atoms with Gasteiger partial charge in [-0.05, 0) is 35.7 Å². The molecule has 0 unspecified atom stereocenters. The molecular weight excluding hydrogens is 168 g/mol. The summed E-state index contributed by atoms with van der Waals surface area (Å²) in [6, 6.07) is 11.0. The monoisotopic (exact) mass is 188 g/mol. The minimum atomic E-state index is 0.494. The second-order valence-corrected chi connectivity index (χ2v) is 5.78. The molecule has 0 heteroatoms. The Morgan fingerprint density at radius 2 is 1.79 bits per heavy atom.